The largest absolute Gasteiger partial charge is 0.355 e. The van der Waals surface area contributed by atoms with Gasteiger partial charge in [0.05, 0.1) is 0 Å². The lowest BCUT2D eigenvalue weighted by atomic mass is 10.00. The Kier molecular flexibility index (Phi) is 4.45. The zero-order valence-electron chi connectivity index (χ0n) is 12.3. The van der Waals surface area contributed by atoms with Crippen LogP contribution in [0.2, 0.25) is 5.02 Å². The minimum absolute atomic E-state index is 0.118. The molecule has 1 amide bonds. The van der Waals surface area contributed by atoms with E-state index in [-0.39, 0.29) is 23.7 Å². The standard InChI is InChI=1S/C16H18ClN3O2/c1-10-13(6-3-7-18-10)19-16(21)14-9-15(22-20-14)11-4-2-5-12(17)8-11/h2,4-5,8-10,13,18H,3,6-7H2,1H3,(H,19,21). The first kappa shape index (κ1) is 15.1. The normalized spacial score (nSPS) is 21.5. The van der Waals surface area contributed by atoms with Crippen LogP contribution in [0.3, 0.4) is 0 Å². The number of amides is 1. The maximum Gasteiger partial charge on any atom is 0.273 e. The lowest BCUT2D eigenvalue weighted by Crippen LogP contribution is -2.51. The Hall–Kier alpha value is -1.85. The quantitative estimate of drug-likeness (QED) is 0.913. The number of hydrogen-bond donors (Lipinski definition) is 2. The third kappa shape index (κ3) is 3.31. The summed E-state index contributed by atoms with van der Waals surface area (Å²) in [4.78, 5) is 12.3. The molecule has 116 valence electrons. The molecular formula is C16H18ClN3O2. The fraction of sp³-hybridized carbons (Fsp3) is 0.375. The summed E-state index contributed by atoms with van der Waals surface area (Å²) in [5.74, 6) is 0.319. The number of aromatic nitrogens is 1. The highest BCUT2D eigenvalue weighted by atomic mass is 35.5. The molecule has 22 heavy (non-hydrogen) atoms. The zero-order chi connectivity index (χ0) is 15.5. The van der Waals surface area contributed by atoms with Gasteiger partial charge in [-0.1, -0.05) is 28.9 Å². The summed E-state index contributed by atoms with van der Waals surface area (Å²) in [5.41, 5.74) is 1.08. The number of halogens is 1. The second kappa shape index (κ2) is 6.50. The van der Waals surface area contributed by atoms with Crippen LogP contribution in [0.4, 0.5) is 0 Å². The summed E-state index contributed by atoms with van der Waals surface area (Å²) in [6.45, 7) is 3.07. The lowest BCUT2D eigenvalue weighted by Gasteiger charge is -2.30. The predicted octanol–water partition coefficient (Wildman–Crippen LogP) is 2.87. The summed E-state index contributed by atoms with van der Waals surface area (Å²) < 4.78 is 5.26. The van der Waals surface area contributed by atoms with Crippen molar-refractivity contribution in [3.63, 3.8) is 0 Å². The highest BCUT2D eigenvalue weighted by Gasteiger charge is 2.24. The number of benzene rings is 1. The molecule has 1 aliphatic rings. The second-order valence-corrected chi connectivity index (χ2v) is 5.99. The van der Waals surface area contributed by atoms with E-state index in [1.54, 1.807) is 18.2 Å². The van der Waals surface area contributed by atoms with E-state index < -0.39 is 0 Å². The van der Waals surface area contributed by atoms with E-state index in [9.17, 15) is 4.79 Å². The van der Waals surface area contributed by atoms with Gasteiger partial charge in [-0.3, -0.25) is 4.79 Å². The molecule has 1 fully saturated rings. The van der Waals surface area contributed by atoms with Gasteiger partial charge in [0.2, 0.25) is 0 Å². The van der Waals surface area contributed by atoms with Crippen molar-refractivity contribution >= 4 is 17.5 Å². The Balaban J connectivity index is 1.71. The lowest BCUT2D eigenvalue weighted by molar-refractivity contribution is 0.0910. The van der Waals surface area contributed by atoms with Gasteiger partial charge < -0.3 is 15.2 Å². The van der Waals surface area contributed by atoms with Gasteiger partial charge in [-0.2, -0.15) is 0 Å². The monoisotopic (exact) mass is 319 g/mol. The van der Waals surface area contributed by atoms with Gasteiger partial charge in [0.25, 0.3) is 5.91 Å². The van der Waals surface area contributed by atoms with Crippen molar-refractivity contribution < 1.29 is 9.32 Å². The van der Waals surface area contributed by atoms with E-state index in [0.29, 0.717) is 10.8 Å². The molecule has 1 aromatic carbocycles. The molecule has 5 nitrogen and oxygen atoms in total. The van der Waals surface area contributed by atoms with Crippen molar-refractivity contribution in [2.24, 2.45) is 0 Å². The molecule has 0 spiro atoms. The number of carbonyl (C=O) groups is 1. The molecule has 1 aromatic heterocycles. The SMILES string of the molecule is CC1NCCCC1NC(=O)c1cc(-c2cccc(Cl)c2)on1. The third-order valence-electron chi connectivity index (χ3n) is 3.93. The number of carbonyl (C=O) groups excluding carboxylic acids is 1. The van der Waals surface area contributed by atoms with Gasteiger partial charge >= 0.3 is 0 Å². The van der Waals surface area contributed by atoms with Crippen molar-refractivity contribution in [2.45, 2.75) is 31.8 Å². The van der Waals surface area contributed by atoms with E-state index in [2.05, 4.69) is 22.7 Å². The maximum atomic E-state index is 12.3. The van der Waals surface area contributed by atoms with Crippen LogP contribution in [-0.4, -0.2) is 29.7 Å². The number of hydrogen-bond acceptors (Lipinski definition) is 4. The topological polar surface area (TPSA) is 67.2 Å². The van der Waals surface area contributed by atoms with Gasteiger partial charge in [0.1, 0.15) is 0 Å². The first-order chi connectivity index (χ1) is 10.6. The van der Waals surface area contributed by atoms with Crippen LogP contribution < -0.4 is 10.6 Å². The molecule has 2 aromatic rings. The summed E-state index contributed by atoms with van der Waals surface area (Å²) in [6, 6.07) is 9.27. The highest BCUT2D eigenvalue weighted by Crippen LogP contribution is 2.23. The van der Waals surface area contributed by atoms with Crippen LogP contribution in [0, 0.1) is 0 Å². The molecule has 2 unspecified atom stereocenters. The van der Waals surface area contributed by atoms with E-state index in [4.69, 9.17) is 16.1 Å². The number of rotatable bonds is 3. The molecule has 1 aliphatic heterocycles. The Labute approximate surface area is 134 Å². The smallest absolute Gasteiger partial charge is 0.273 e. The van der Waals surface area contributed by atoms with Crippen LogP contribution in [0.5, 0.6) is 0 Å². The highest BCUT2D eigenvalue weighted by molar-refractivity contribution is 6.30. The Morgan fingerprint density at radius 2 is 2.32 bits per heavy atom. The fourth-order valence-electron chi connectivity index (χ4n) is 2.64. The Bertz CT molecular complexity index is 671. The average molecular weight is 320 g/mol. The third-order valence-corrected chi connectivity index (χ3v) is 4.17. The number of piperidine rings is 1. The molecule has 2 atom stereocenters. The number of nitrogens with one attached hydrogen (secondary N) is 2. The first-order valence-electron chi connectivity index (χ1n) is 7.40. The summed E-state index contributed by atoms with van der Waals surface area (Å²) >= 11 is 5.96. The van der Waals surface area contributed by atoms with Crippen molar-refractivity contribution in [3.8, 4) is 11.3 Å². The second-order valence-electron chi connectivity index (χ2n) is 5.55. The van der Waals surface area contributed by atoms with Crippen molar-refractivity contribution in [2.75, 3.05) is 6.54 Å². The van der Waals surface area contributed by atoms with Crippen LogP contribution >= 0.6 is 11.6 Å². The van der Waals surface area contributed by atoms with E-state index in [0.717, 1.165) is 24.9 Å². The minimum atomic E-state index is -0.211. The van der Waals surface area contributed by atoms with Gasteiger partial charge in [0, 0.05) is 28.7 Å². The molecular weight excluding hydrogens is 302 g/mol. The number of nitrogens with zero attached hydrogens (tertiary/aromatic N) is 1. The molecule has 6 heteroatoms. The summed E-state index contributed by atoms with van der Waals surface area (Å²) in [6.07, 6.45) is 2.03. The van der Waals surface area contributed by atoms with Gasteiger partial charge in [-0.15, -0.1) is 0 Å². The van der Waals surface area contributed by atoms with Crippen molar-refractivity contribution in [1.29, 1.82) is 0 Å². The van der Waals surface area contributed by atoms with Gasteiger partial charge in [-0.05, 0) is 38.4 Å². The van der Waals surface area contributed by atoms with Crippen LogP contribution in [0.25, 0.3) is 11.3 Å². The van der Waals surface area contributed by atoms with E-state index in [1.165, 1.54) is 0 Å². The minimum Gasteiger partial charge on any atom is -0.355 e. The predicted molar refractivity (Wildman–Crippen MR) is 84.9 cm³/mol. The van der Waals surface area contributed by atoms with E-state index >= 15 is 0 Å². The molecule has 0 bridgehead atoms. The van der Waals surface area contributed by atoms with E-state index in [1.807, 2.05) is 12.1 Å². The summed E-state index contributed by atoms with van der Waals surface area (Å²) in [5, 5.41) is 10.8. The Morgan fingerprint density at radius 1 is 1.45 bits per heavy atom. The van der Waals surface area contributed by atoms with Gasteiger partial charge in [-0.25, -0.2) is 0 Å². The molecule has 0 aliphatic carbocycles. The van der Waals surface area contributed by atoms with Gasteiger partial charge in [0.15, 0.2) is 11.5 Å². The zero-order valence-corrected chi connectivity index (χ0v) is 13.1. The molecule has 1 saturated heterocycles. The molecule has 3 rings (SSSR count). The molecule has 2 N–H and O–H groups in total. The Morgan fingerprint density at radius 3 is 3.09 bits per heavy atom. The van der Waals surface area contributed by atoms with Crippen LogP contribution in [-0.2, 0) is 0 Å². The molecule has 0 radical (unpaired) electrons. The van der Waals surface area contributed by atoms with Crippen LogP contribution in [0.1, 0.15) is 30.3 Å². The first-order valence-corrected chi connectivity index (χ1v) is 7.78. The molecule has 2 heterocycles. The van der Waals surface area contributed by atoms with Crippen molar-refractivity contribution in [1.82, 2.24) is 15.8 Å². The maximum absolute atomic E-state index is 12.3. The summed E-state index contributed by atoms with van der Waals surface area (Å²) in [7, 11) is 0. The average Bonchev–Trinajstić information content (AvgIpc) is 2.99. The fourth-order valence-corrected chi connectivity index (χ4v) is 2.83. The molecule has 0 saturated carbocycles. The van der Waals surface area contributed by atoms with Crippen molar-refractivity contribution in [3.05, 3.63) is 41.0 Å². The van der Waals surface area contributed by atoms with Crippen LogP contribution in [0.15, 0.2) is 34.9 Å².